The van der Waals surface area contributed by atoms with Gasteiger partial charge in [0.15, 0.2) is 0 Å². The maximum atomic E-state index is 13.8. The van der Waals surface area contributed by atoms with Gasteiger partial charge in [-0.15, -0.1) is 11.3 Å². The van der Waals surface area contributed by atoms with Gasteiger partial charge in [-0.2, -0.15) is 0 Å². The summed E-state index contributed by atoms with van der Waals surface area (Å²) in [5.41, 5.74) is 2.27. The van der Waals surface area contributed by atoms with Gasteiger partial charge in [0, 0.05) is 19.3 Å². The van der Waals surface area contributed by atoms with Crippen LogP contribution < -0.4 is 5.32 Å². The normalized spacial score (nSPS) is 15.8. The number of aromatic nitrogens is 1. The molecule has 0 saturated carbocycles. The molecule has 1 saturated heterocycles. The van der Waals surface area contributed by atoms with Crippen molar-refractivity contribution in [3.8, 4) is 10.6 Å². The molecule has 2 aromatic carbocycles. The van der Waals surface area contributed by atoms with E-state index in [-0.39, 0.29) is 17.9 Å². The highest BCUT2D eigenvalue weighted by Crippen LogP contribution is 2.37. The van der Waals surface area contributed by atoms with E-state index in [9.17, 15) is 9.59 Å². The van der Waals surface area contributed by atoms with Gasteiger partial charge in [-0.05, 0) is 55.2 Å². The SMILES string of the molecule is C[C@H](NC(=O)C1(c2ccccc2)CCN(C(=O)c2ccc(-c3ccccn3)s2)CC1)c1ccccc1. The van der Waals surface area contributed by atoms with Crippen LogP contribution in [0.3, 0.4) is 0 Å². The van der Waals surface area contributed by atoms with Crippen LogP contribution in [0, 0.1) is 0 Å². The second-order valence-electron chi connectivity index (χ2n) is 9.23. The fourth-order valence-corrected chi connectivity index (χ4v) is 5.86. The van der Waals surface area contributed by atoms with Crippen molar-refractivity contribution >= 4 is 23.2 Å². The zero-order valence-electron chi connectivity index (χ0n) is 20.3. The van der Waals surface area contributed by atoms with E-state index in [1.165, 1.54) is 11.3 Å². The van der Waals surface area contributed by atoms with Crippen molar-refractivity contribution in [1.82, 2.24) is 15.2 Å². The predicted molar refractivity (Wildman–Crippen MR) is 144 cm³/mol. The number of benzene rings is 2. The summed E-state index contributed by atoms with van der Waals surface area (Å²) in [4.78, 5) is 35.1. The highest BCUT2D eigenvalue weighted by Gasteiger charge is 2.44. The monoisotopic (exact) mass is 495 g/mol. The van der Waals surface area contributed by atoms with Crippen molar-refractivity contribution < 1.29 is 9.59 Å². The molecule has 0 aliphatic carbocycles. The number of carbonyl (C=O) groups excluding carboxylic acids is 2. The summed E-state index contributed by atoms with van der Waals surface area (Å²) in [6.07, 6.45) is 2.91. The second-order valence-corrected chi connectivity index (χ2v) is 10.3. The molecule has 1 aliphatic rings. The standard InChI is InChI=1S/C30H29N3O2S/c1-22(23-10-4-2-5-11-23)32-29(35)30(24-12-6-3-7-13-24)17-20-33(21-18-30)28(34)27-16-15-26(36-27)25-14-8-9-19-31-25/h2-16,19,22H,17-18,20-21H2,1H3,(H,32,35)/t22-/m0/s1. The van der Waals surface area contributed by atoms with E-state index >= 15 is 0 Å². The molecule has 1 N–H and O–H groups in total. The lowest BCUT2D eigenvalue weighted by atomic mass is 9.71. The topological polar surface area (TPSA) is 62.3 Å². The Morgan fingerprint density at radius 2 is 1.56 bits per heavy atom. The van der Waals surface area contributed by atoms with Crippen LogP contribution in [0.1, 0.15) is 46.6 Å². The van der Waals surface area contributed by atoms with E-state index in [1.807, 2.05) is 103 Å². The van der Waals surface area contributed by atoms with Gasteiger partial charge >= 0.3 is 0 Å². The van der Waals surface area contributed by atoms with Gasteiger partial charge in [0.25, 0.3) is 5.91 Å². The van der Waals surface area contributed by atoms with Gasteiger partial charge in [0.1, 0.15) is 0 Å². The molecule has 0 radical (unpaired) electrons. The molecule has 2 amide bonds. The molecule has 3 heterocycles. The van der Waals surface area contributed by atoms with E-state index in [4.69, 9.17) is 0 Å². The minimum atomic E-state index is -0.671. The largest absolute Gasteiger partial charge is 0.349 e. The number of nitrogens with one attached hydrogen (secondary N) is 1. The Morgan fingerprint density at radius 3 is 2.22 bits per heavy atom. The third-order valence-corrected chi connectivity index (χ3v) is 8.14. The average molecular weight is 496 g/mol. The average Bonchev–Trinajstić information content (AvgIpc) is 3.44. The molecule has 182 valence electrons. The first-order valence-electron chi connectivity index (χ1n) is 12.3. The summed E-state index contributed by atoms with van der Waals surface area (Å²) in [5.74, 6) is 0.0348. The number of nitrogens with zero attached hydrogens (tertiary/aromatic N) is 2. The van der Waals surface area contributed by atoms with Crippen LogP contribution in [0.2, 0.25) is 0 Å². The Balaban J connectivity index is 1.33. The summed E-state index contributed by atoms with van der Waals surface area (Å²) < 4.78 is 0. The lowest BCUT2D eigenvalue weighted by Gasteiger charge is -2.41. The number of hydrogen-bond donors (Lipinski definition) is 1. The number of carbonyl (C=O) groups is 2. The fourth-order valence-electron chi connectivity index (χ4n) is 4.91. The van der Waals surface area contributed by atoms with Crippen LogP contribution in [0.25, 0.3) is 10.6 Å². The van der Waals surface area contributed by atoms with Gasteiger partial charge in [0.05, 0.1) is 26.9 Å². The Morgan fingerprint density at radius 1 is 0.889 bits per heavy atom. The van der Waals surface area contributed by atoms with Gasteiger partial charge in [-0.3, -0.25) is 14.6 Å². The van der Waals surface area contributed by atoms with Crippen molar-refractivity contribution in [1.29, 1.82) is 0 Å². The number of likely N-dealkylation sites (tertiary alicyclic amines) is 1. The quantitative estimate of drug-likeness (QED) is 0.364. The minimum absolute atomic E-state index is 0.0157. The van der Waals surface area contributed by atoms with Crippen molar-refractivity contribution in [2.75, 3.05) is 13.1 Å². The van der Waals surface area contributed by atoms with Crippen LogP contribution in [-0.4, -0.2) is 34.8 Å². The van der Waals surface area contributed by atoms with Crippen LogP contribution in [0.5, 0.6) is 0 Å². The summed E-state index contributed by atoms with van der Waals surface area (Å²) in [6.45, 7) is 3.07. The molecule has 5 rings (SSSR count). The van der Waals surface area contributed by atoms with Crippen LogP contribution in [0.4, 0.5) is 0 Å². The first-order chi connectivity index (χ1) is 17.6. The number of amides is 2. The highest BCUT2D eigenvalue weighted by atomic mass is 32.1. The minimum Gasteiger partial charge on any atom is -0.349 e. The van der Waals surface area contributed by atoms with Gasteiger partial charge < -0.3 is 10.2 Å². The number of piperidine rings is 1. The first-order valence-corrected chi connectivity index (χ1v) is 13.1. The van der Waals surface area contributed by atoms with Crippen LogP contribution in [0.15, 0.2) is 97.2 Å². The zero-order valence-corrected chi connectivity index (χ0v) is 21.1. The molecule has 0 unspecified atom stereocenters. The Hall–Kier alpha value is -3.77. The Bertz CT molecular complexity index is 1310. The molecule has 6 heteroatoms. The molecule has 36 heavy (non-hydrogen) atoms. The molecular weight excluding hydrogens is 466 g/mol. The van der Waals surface area contributed by atoms with Gasteiger partial charge in [0.2, 0.25) is 5.91 Å². The summed E-state index contributed by atoms with van der Waals surface area (Å²) in [7, 11) is 0. The smallest absolute Gasteiger partial charge is 0.263 e. The fraction of sp³-hybridized carbons (Fsp3) is 0.233. The van der Waals surface area contributed by atoms with Crippen molar-refractivity contribution in [3.63, 3.8) is 0 Å². The molecule has 1 atom stereocenters. The van der Waals surface area contributed by atoms with Crippen molar-refractivity contribution in [3.05, 3.63) is 113 Å². The van der Waals surface area contributed by atoms with E-state index in [0.717, 1.165) is 21.7 Å². The molecule has 2 aromatic heterocycles. The highest BCUT2D eigenvalue weighted by molar-refractivity contribution is 7.17. The first kappa shape index (κ1) is 23.9. The molecular formula is C30H29N3O2S. The van der Waals surface area contributed by atoms with E-state index < -0.39 is 5.41 Å². The third-order valence-electron chi connectivity index (χ3n) is 7.05. The summed E-state index contributed by atoms with van der Waals surface area (Å²) in [6, 6.07) is 29.5. The maximum Gasteiger partial charge on any atom is 0.263 e. The van der Waals surface area contributed by atoms with Gasteiger partial charge in [-0.1, -0.05) is 66.7 Å². The third kappa shape index (κ3) is 4.82. The summed E-state index contributed by atoms with van der Waals surface area (Å²) in [5, 5.41) is 3.26. The predicted octanol–water partition coefficient (Wildman–Crippen LogP) is 5.86. The van der Waals surface area contributed by atoms with Crippen LogP contribution in [-0.2, 0) is 10.2 Å². The van der Waals surface area contributed by atoms with Crippen LogP contribution >= 0.6 is 11.3 Å². The molecule has 0 spiro atoms. The molecule has 0 bridgehead atoms. The lowest BCUT2D eigenvalue weighted by molar-refractivity contribution is -0.129. The Labute approximate surface area is 215 Å². The van der Waals surface area contributed by atoms with E-state index in [1.54, 1.807) is 6.20 Å². The van der Waals surface area contributed by atoms with Crippen molar-refractivity contribution in [2.24, 2.45) is 0 Å². The van der Waals surface area contributed by atoms with Gasteiger partial charge in [-0.25, -0.2) is 0 Å². The maximum absolute atomic E-state index is 13.8. The lowest BCUT2D eigenvalue weighted by Crippen LogP contribution is -2.53. The second kappa shape index (κ2) is 10.5. The Kier molecular flexibility index (Phi) is 6.96. The number of hydrogen-bond acceptors (Lipinski definition) is 4. The summed E-state index contributed by atoms with van der Waals surface area (Å²) >= 11 is 1.46. The number of thiophene rings is 1. The van der Waals surface area contributed by atoms with E-state index in [0.29, 0.717) is 30.8 Å². The van der Waals surface area contributed by atoms with Crippen molar-refractivity contribution in [2.45, 2.75) is 31.2 Å². The van der Waals surface area contributed by atoms with E-state index in [2.05, 4.69) is 10.3 Å². The number of rotatable bonds is 6. The molecule has 5 nitrogen and oxygen atoms in total. The zero-order chi connectivity index (χ0) is 25.0. The molecule has 1 aliphatic heterocycles. The molecule has 1 fully saturated rings. The number of pyridine rings is 1. The molecule has 4 aromatic rings.